The van der Waals surface area contributed by atoms with Crippen LogP contribution >= 0.6 is 49.9 Å². The minimum Gasteiger partial charge on any atom is -0.381 e. The molecule has 1 nitrogen and oxygen atoms in total. The summed E-state index contributed by atoms with van der Waals surface area (Å²) in [5.41, 5.74) is 0.883. The molecule has 4 heteroatoms. The monoisotopic (exact) mass is 408 g/mol. The van der Waals surface area contributed by atoms with Crippen LogP contribution in [0.5, 0.6) is 0 Å². The van der Waals surface area contributed by atoms with E-state index in [2.05, 4.69) is 38.5 Å². The minimum absolute atomic E-state index is 0.909. The molecule has 1 N–H and O–H groups in total. The van der Waals surface area contributed by atoms with Crippen molar-refractivity contribution in [2.24, 2.45) is 0 Å². The number of halogens is 2. The Balaban J connectivity index is 2.46. The number of hydrogen-bond acceptors (Lipinski definition) is 2. The second-order valence-corrected chi connectivity index (χ2v) is 6.56. The van der Waals surface area contributed by atoms with E-state index < -0.39 is 5.60 Å². The van der Waals surface area contributed by atoms with Crippen LogP contribution in [0.2, 0.25) is 0 Å². The zero-order valence-electron chi connectivity index (χ0n) is 8.58. The average Bonchev–Trinajstić information content (AvgIpc) is 2.66. The summed E-state index contributed by atoms with van der Waals surface area (Å²) < 4.78 is 2.13. The molecule has 2 rings (SSSR count). The van der Waals surface area contributed by atoms with Crippen molar-refractivity contribution in [3.63, 3.8) is 0 Å². The first kappa shape index (κ1) is 12.5. The standard InChI is InChI=1S/C12H10BrIOS/c1-12(15,10-6-16-7-11(10)13)8-2-4-9(14)5-3-8/h2-7,15H,1H3. The fourth-order valence-electron chi connectivity index (χ4n) is 1.56. The third-order valence-electron chi connectivity index (χ3n) is 2.55. The van der Waals surface area contributed by atoms with E-state index in [1.807, 2.05) is 41.9 Å². The topological polar surface area (TPSA) is 20.2 Å². The molecule has 84 valence electrons. The quantitative estimate of drug-likeness (QED) is 0.731. The molecule has 2 aromatic rings. The van der Waals surface area contributed by atoms with Gasteiger partial charge in [0.15, 0.2) is 0 Å². The average molecular weight is 409 g/mol. The number of benzene rings is 1. The molecule has 0 aliphatic carbocycles. The normalized spacial score (nSPS) is 14.8. The van der Waals surface area contributed by atoms with Crippen molar-refractivity contribution in [1.29, 1.82) is 0 Å². The lowest BCUT2D eigenvalue weighted by Crippen LogP contribution is -2.22. The van der Waals surface area contributed by atoms with Gasteiger partial charge in [0, 0.05) is 19.0 Å². The fraction of sp³-hybridized carbons (Fsp3) is 0.167. The van der Waals surface area contributed by atoms with Gasteiger partial charge in [-0.3, -0.25) is 0 Å². The Kier molecular flexibility index (Phi) is 3.73. The summed E-state index contributed by atoms with van der Waals surface area (Å²) in [7, 11) is 0. The predicted octanol–water partition coefficient (Wildman–Crippen LogP) is 4.37. The van der Waals surface area contributed by atoms with Crippen LogP contribution in [-0.4, -0.2) is 5.11 Å². The van der Waals surface area contributed by atoms with Crippen molar-refractivity contribution in [2.45, 2.75) is 12.5 Å². The van der Waals surface area contributed by atoms with E-state index in [-0.39, 0.29) is 0 Å². The smallest absolute Gasteiger partial charge is 0.114 e. The molecule has 0 fully saturated rings. The van der Waals surface area contributed by atoms with E-state index >= 15 is 0 Å². The molecule has 1 aromatic carbocycles. The summed E-state index contributed by atoms with van der Waals surface area (Å²) in [5.74, 6) is 0. The molecule has 1 aromatic heterocycles. The van der Waals surface area contributed by atoms with Crippen LogP contribution in [0.4, 0.5) is 0 Å². The zero-order chi connectivity index (χ0) is 11.8. The third-order valence-corrected chi connectivity index (χ3v) is 4.97. The van der Waals surface area contributed by atoms with Crippen LogP contribution < -0.4 is 0 Å². The molecule has 0 spiro atoms. The zero-order valence-corrected chi connectivity index (χ0v) is 13.1. The first-order chi connectivity index (χ1) is 7.51. The van der Waals surface area contributed by atoms with Gasteiger partial charge in [-0.25, -0.2) is 0 Å². The third kappa shape index (κ3) is 2.34. The highest BCUT2D eigenvalue weighted by molar-refractivity contribution is 14.1. The molecule has 1 heterocycles. The van der Waals surface area contributed by atoms with Gasteiger partial charge >= 0.3 is 0 Å². The van der Waals surface area contributed by atoms with Crippen LogP contribution in [0, 0.1) is 3.57 Å². The Morgan fingerprint density at radius 1 is 1.25 bits per heavy atom. The Morgan fingerprint density at radius 2 is 1.88 bits per heavy atom. The second kappa shape index (κ2) is 4.76. The van der Waals surface area contributed by atoms with Crippen LogP contribution in [-0.2, 0) is 5.60 Å². The van der Waals surface area contributed by atoms with Gasteiger partial charge in [-0.05, 0) is 68.5 Å². The lowest BCUT2D eigenvalue weighted by Gasteiger charge is -2.23. The summed E-state index contributed by atoms with van der Waals surface area (Å²) >= 11 is 7.30. The van der Waals surface area contributed by atoms with Crippen LogP contribution in [0.1, 0.15) is 18.1 Å². The Labute approximate surface area is 121 Å². The SMILES string of the molecule is CC(O)(c1ccc(I)cc1)c1cscc1Br. The summed E-state index contributed by atoms with van der Waals surface area (Å²) in [6.45, 7) is 1.82. The summed E-state index contributed by atoms with van der Waals surface area (Å²) in [6.07, 6.45) is 0. The van der Waals surface area contributed by atoms with E-state index in [4.69, 9.17) is 0 Å². The summed E-state index contributed by atoms with van der Waals surface area (Å²) in [5, 5.41) is 14.5. The first-order valence-corrected chi connectivity index (χ1v) is 7.54. The molecule has 16 heavy (non-hydrogen) atoms. The van der Waals surface area contributed by atoms with Crippen molar-refractivity contribution in [2.75, 3.05) is 0 Å². The van der Waals surface area contributed by atoms with E-state index in [1.165, 1.54) is 3.57 Å². The van der Waals surface area contributed by atoms with Crippen molar-refractivity contribution in [1.82, 2.24) is 0 Å². The van der Waals surface area contributed by atoms with Gasteiger partial charge in [0.05, 0.1) is 0 Å². The molecule has 0 amide bonds. The van der Waals surface area contributed by atoms with E-state index in [1.54, 1.807) is 11.3 Å². The summed E-state index contributed by atoms with van der Waals surface area (Å²) in [4.78, 5) is 0. The number of thiophene rings is 1. The molecule has 1 unspecified atom stereocenters. The lowest BCUT2D eigenvalue weighted by molar-refractivity contribution is 0.102. The largest absolute Gasteiger partial charge is 0.381 e. The Hall–Kier alpha value is 0.0900. The Bertz CT molecular complexity index is 490. The maximum absolute atomic E-state index is 10.6. The molecule has 0 radical (unpaired) electrons. The fourth-order valence-corrected chi connectivity index (χ4v) is 3.70. The summed E-state index contributed by atoms with van der Waals surface area (Å²) in [6, 6.07) is 7.94. The van der Waals surface area contributed by atoms with Crippen molar-refractivity contribution in [3.05, 3.63) is 54.2 Å². The molecule has 0 aliphatic rings. The lowest BCUT2D eigenvalue weighted by atomic mass is 9.90. The van der Waals surface area contributed by atoms with Gasteiger partial charge in [-0.15, -0.1) is 0 Å². The molecule has 0 bridgehead atoms. The van der Waals surface area contributed by atoms with Gasteiger partial charge in [0.1, 0.15) is 5.60 Å². The van der Waals surface area contributed by atoms with Crippen molar-refractivity contribution in [3.8, 4) is 0 Å². The van der Waals surface area contributed by atoms with Crippen LogP contribution in [0.3, 0.4) is 0 Å². The maximum atomic E-state index is 10.6. The number of rotatable bonds is 2. The highest BCUT2D eigenvalue weighted by atomic mass is 127. The molecular formula is C12H10BrIOS. The maximum Gasteiger partial charge on any atom is 0.114 e. The van der Waals surface area contributed by atoms with Gasteiger partial charge in [0.2, 0.25) is 0 Å². The van der Waals surface area contributed by atoms with E-state index in [0.717, 1.165) is 15.6 Å². The van der Waals surface area contributed by atoms with Crippen LogP contribution in [0.25, 0.3) is 0 Å². The van der Waals surface area contributed by atoms with Gasteiger partial charge < -0.3 is 5.11 Å². The predicted molar refractivity (Wildman–Crippen MR) is 79.9 cm³/mol. The minimum atomic E-state index is -0.941. The van der Waals surface area contributed by atoms with Crippen molar-refractivity contribution >= 4 is 49.9 Å². The van der Waals surface area contributed by atoms with Gasteiger partial charge in [-0.2, -0.15) is 11.3 Å². The number of hydrogen-bond donors (Lipinski definition) is 1. The first-order valence-electron chi connectivity index (χ1n) is 4.72. The van der Waals surface area contributed by atoms with E-state index in [9.17, 15) is 5.11 Å². The highest BCUT2D eigenvalue weighted by Crippen LogP contribution is 2.36. The van der Waals surface area contributed by atoms with Gasteiger partial charge in [0.25, 0.3) is 0 Å². The molecule has 0 aliphatic heterocycles. The Morgan fingerprint density at radius 3 is 2.38 bits per heavy atom. The molecule has 0 saturated heterocycles. The highest BCUT2D eigenvalue weighted by Gasteiger charge is 2.28. The second-order valence-electron chi connectivity index (χ2n) is 3.71. The number of aliphatic hydroxyl groups is 1. The molecule has 1 atom stereocenters. The van der Waals surface area contributed by atoms with E-state index in [0.29, 0.717) is 0 Å². The molecular weight excluding hydrogens is 399 g/mol. The van der Waals surface area contributed by atoms with Crippen LogP contribution in [0.15, 0.2) is 39.5 Å². The van der Waals surface area contributed by atoms with Gasteiger partial charge in [-0.1, -0.05) is 12.1 Å². The van der Waals surface area contributed by atoms with Crippen molar-refractivity contribution < 1.29 is 5.11 Å². The molecule has 0 saturated carbocycles.